The molecule has 0 aromatic carbocycles. The van der Waals surface area contributed by atoms with Crippen LogP contribution in [0.15, 0.2) is 12.5 Å². The molecule has 20 heavy (non-hydrogen) atoms. The molecule has 0 aliphatic rings. The molecule has 0 bridgehead atoms. The molecule has 116 valence electrons. The Kier molecular flexibility index (Phi) is 10.8. The standard InChI is InChI=1S/C10H18BN3O4.2ClH/c12-10(9(15)16,3-1-2-4-11(17)18)5-8-6-13-7-14-8;;/h6-7,17-18H,1-5,12H2,(H,13,14)(H,15,16);2*1H. The molecule has 1 atom stereocenters. The van der Waals surface area contributed by atoms with Gasteiger partial charge in [0.15, 0.2) is 0 Å². The third-order valence-corrected chi connectivity index (χ3v) is 2.82. The molecule has 1 aromatic rings. The first-order chi connectivity index (χ1) is 8.44. The van der Waals surface area contributed by atoms with Crippen LogP contribution < -0.4 is 5.73 Å². The fourth-order valence-electron chi connectivity index (χ4n) is 1.76. The van der Waals surface area contributed by atoms with Crippen molar-refractivity contribution in [2.45, 2.75) is 37.5 Å². The number of nitrogens with zero attached hydrogens (tertiary/aromatic N) is 1. The maximum atomic E-state index is 11.2. The van der Waals surface area contributed by atoms with E-state index >= 15 is 0 Å². The van der Waals surface area contributed by atoms with E-state index in [2.05, 4.69) is 9.97 Å². The highest BCUT2D eigenvalue weighted by Crippen LogP contribution is 2.18. The lowest BCUT2D eigenvalue weighted by molar-refractivity contribution is -0.143. The Morgan fingerprint density at radius 2 is 2.05 bits per heavy atom. The van der Waals surface area contributed by atoms with Crippen LogP contribution in [0.2, 0.25) is 6.32 Å². The van der Waals surface area contributed by atoms with Crippen LogP contribution in [0.4, 0.5) is 0 Å². The van der Waals surface area contributed by atoms with Crippen molar-refractivity contribution in [1.82, 2.24) is 9.97 Å². The normalized spacial score (nSPS) is 12.8. The quantitative estimate of drug-likeness (QED) is 0.343. The number of hydrogen-bond acceptors (Lipinski definition) is 5. The average molecular weight is 328 g/mol. The van der Waals surface area contributed by atoms with E-state index in [-0.39, 0.29) is 44.0 Å². The smallest absolute Gasteiger partial charge is 0.451 e. The third-order valence-electron chi connectivity index (χ3n) is 2.82. The minimum atomic E-state index is -1.35. The number of imidazole rings is 1. The molecular formula is C10H20BCl2N3O4. The van der Waals surface area contributed by atoms with E-state index < -0.39 is 18.6 Å². The number of halogens is 2. The maximum Gasteiger partial charge on any atom is 0.451 e. The first-order valence-corrected chi connectivity index (χ1v) is 5.80. The number of aliphatic carboxylic acids is 1. The Morgan fingerprint density at radius 3 is 2.50 bits per heavy atom. The molecular weight excluding hydrogens is 308 g/mol. The number of rotatable bonds is 8. The summed E-state index contributed by atoms with van der Waals surface area (Å²) in [6.45, 7) is 0. The molecule has 0 spiro atoms. The molecule has 0 amide bonds. The molecule has 1 rings (SSSR count). The van der Waals surface area contributed by atoms with Gasteiger partial charge in [0.25, 0.3) is 0 Å². The largest absolute Gasteiger partial charge is 0.480 e. The molecule has 0 aliphatic heterocycles. The average Bonchev–Trinajstić information content (AvgIpc) is 2.76. The summed E-state index contributed by atoms with van der Waals surface area (Å²) in [6, 6.07) is 0. The number of unbranched alkanes of at least 4 members (excludes halogenated alkanes) is 1. The fraction of sp³-hybridized carbons (Fsp3) is 0.600. The van der Waals surface area contributed by atoms with Crippen LogP contribution in [0.5, 0.6) is 0 Å². The van der Waals surface area contributed by atoms with Crippen molar-refractivity contribution in [3.8, 4) is 0 Å². The van der Waals surface area contributed by atoms with Crippen LogP contribution in [-0.4, -0.2) is 43.7 Å². The molecule has 0 saturated heterocycles. The number of carboxylic acids is 1. The lowest BCUT2D eigenvalue weighted by Crippen LogP contribution is -2.50. The number of nitrogens with one attached hydrogen (secondary N) is 1. The van der Waals surface area contributed by atoms with E-state index in [1.807, 2.05) is 0 Å². The van der Waals surface area contributed by atoms with E-state index in [9.17, 15) is 9.90 Å². The monoisotopic (exact) mass is 327 g/mol. The molecule has 0 aliphatic carbocycles. The molecule has 10 heteroatoms. The SMILES string of the molecule is Cl.Cl.NC(CCCCB(O)O)(Cc1cnc[nH]1)C(=O)O. The number of carboxylic acid groups (broad SMARTS) is 1. The maximum absolute atomic E-state index is 11.2. The van der Waals surface area contributed by atoms with Crippen LogP contribution in [0.1, 0.15) is 25.0 Å². The predicted molar refractivity (Wildman–Crippen MR) is 80.2 cm³/mol. The molecule has 1 heterocycles. The van der Waals surface area contributed by atoms with E-state index in [1.165, 1.54) is 6.33 Å². The fourth-order valence-corrected chi connectivity index (χ4v) is 1.76. The van der Waals surface area contributed by atoms with E-state index in [4.69, 9.17) is 15.8 Å². The Hall–Kier alpha value is -0.795. The van der Waals surface area contributed by atoms with Gasteiger partial charge in [-0.15, -0.1) is 24.8 Å². The first-order valence-electron chi connectivity index (χ1n) is 5.80. The minimum absolute atomic E-state index is 0. The highest BCUT2D eigenvalue weighted by molar-refractivity contribution is 6.40. The summed E-state index contributed by atoms with van der Waals surface area (Å²) < 4.78 is 0. The van der Waals surface area contributed by atoms with Gasteiger partial charge in [-0.05, 0) is 12.7 Å². The predicted octanol–water partition coefficient (Wildman–Crippen LogP) is 0.221. The Morgan fingerprint density at radius 1 is 1.40 bits per heavy atom. The second kappa shape index (κ2) is 10.0. The lowest BCUT2D eigenvalue weighted by Gasteiger charge is -2.24. The molecule has 0 saturated carbocycles. The topological polar surface area (TPSA) is 132 Å². The van der Waals surface area contributed by atoms with Crippen molar-refractivity contribution in [2.24, 2.45) is 5.73 Å². The van der Waals surface area contributed by atoms with Crippen LogP contribution in [0.25, 0.3) is 0 Å². The van der Waals surface area contributed by atoms with Crippen LogP contribution in [0.3, 0.4) is 0 Å². The summed E-state index contributed by atoms with van der Waals surface area (Å²) in [5.74, 6) is -1.07. The van der Waals surface area contributed by atoms with Gasteiger partial charge in [-0.25, -0.2) is 4.98 Å². The number of aromatic amines is 1. The van der Waals surface area contributed by atoms with Crippen molar-refractivity contribution in [3.05, 3.63) is 18.2 Å². The van der Waals surface area contributed by atoms with Crippen molar-refractivity contribution in [2.75, 3.05) is 0 Å². The zero-order valence-electron chi connectivity index (χ0n) is 10.9. The summed E-state index contributed by atoms with van der Waals surface area (Å²) >= 11 is 0. The van der Waals surface area contributed by atoms with Crippen molar-refractivity contribution in [1.29, 1.82) is 0 Å². The van der Waals surface area contributed by atoms with Crippen LogP contribution >= 0.6 is 24.8 Å². The number of hydrogen-bond donors (Lipinski definition) is 5. The number of H-pyrrole nitrogens is 1. The highest BCUT2D eigenvalue weighted by Gasteiger charge is 2.34. The van der Waals surface area contributed by atoms with E-state index in [1.54, 1.807) is 6.20 Å². The third kappa shape index (κ3) is 7.11. The van der Waals surface area contributed by atoms with Gasteiger partial charge in [0.1, 0.15) is 5.54 Å². The van der Waals surface area contributed by atoms with Crippen molar-refractivity contribution < 1.29 is 19.9 Å². The number of aromatic nitrogens is 2. The van der Waals surface area contributed by atoms with E-state index in [0.29, 0.717) is 18.5 Å². The highest BCUT2D eigenvalue weighted by atomic mass is 35.5. The molecule has 1 unspecified atom stereocenters. The summed E-state index contributed by atoms with van der Waals surface area (Å²) in [6.07, 6.45) is 4.72. The van der Waals surface area contributed by atoms with Gasteiger partial charge in [-0.2, -0.15) is 0 Å². The van der Waals surface area contributed by atoms with Gasteiger partial charge in [-0.1, -0.05) is 12.8 Å². The molecule has 1 aromatic heterocycles. The van der Waals surface area contributed by atoms with E-state index in [0.717, 1.165) is 0 Å². The number of nitrogens with two attached hydrogens (primary N) is 1. The summed E-state index contributed by atoms with van der Waals surface area (Å²) in [5.41, 5.74) is 5.19. The minimum Gasteiger partial charge on any atom is -0.480 e. The van der Waals surface area contributed by atoms with Gasteiger partial charge in [0, 0.05) is 18.3 Å². The van der Waals surface area contributed by atoms with Crippen molar-refractivity contribution in [3.63, 3.8) is 0 Å². The van der Waals surface area contributed by atoms with Gasteiger partial charge in [0.2, 0.25) is 0 Å². The zero-order chi connectivity index (χ0) is 13.6. The summed E-state index contributed by atoms with van der Waals surface area (Å²) in [5, 5.41) is 26.6. The molecule has 0 fully saturated rings. The summed E-state index contributed by atoms with van der Waals surface area (Å²) in [4.78, 5) is 17.9. The van der Waals surface area contributed by atoms with Gasteiger partial charge in [0.05, 0.1) is 6.33 Å². The van der Waals surface area contributed by atoms with Crippen LogP contribution in [0, 0.1) is 0 Å². The van der Waals surface area contributed by atoms with Crippen LogP contribution in [-0.2, 0) is 11.2 Å². The first kappa shape index (κ1) is 21.5. The molecule has 0 radical (unpaired) electrons. The van der Waals surface area contributed by atoms with Crippen molar-refractivity contribution >= 4 is 37.9 Å². The second-order valence-electron chi connectivity index (χ2n) is 4.44. The van der Waals surface area contributed by atoms with Gasteiger partial charge < -0.3 is 25.9 Å². The van der Waals surface area contributed by atoms with Gasteiger partial charge >= 0.3 is 13.1 Å². The Balaban J connectivity index is 0. The Labute approximate surface area is 129 Å². The second-order valence-corrected chi connectivity index (χ2v) is 4.44. The molecule has 6 N–H and O–H groups in total. The Bertz CT molecular complexity index is 381. The summed E-state index contributed by atoms with van der Waals surface area (Å²) in [7, 11) is -1.35. The van der Waals surface area contributed by atoms with Gasteiger partial charge in [-0.3, -0.25) is 4.79 Å². The zero-order valence-corrected chi connectivity index (χ0v) is 12.5. The molecule has 7 nitrogen and oxygen atoms in total. The lowest BCUT2D eigenvalue weighted by atomic mass is 9.81. The number of carbonyl (C=O) groups is 1.